The Morgan fingerprint density at radius 1 is 1.20 bits per heavy atom. The van der Waals surface area contributed by atoms with Crippen LogP contribution in [0.3, 0.4) is 0 Å². The van der Waals surface area contributed by atoms with Gasteiger partial charge in [-0.05, 0) is 35.6 Å². The lowest BCUT2D eigenvalue weighted by Gasteiger charge is -2.07. The van der Waals surface area contributed by atoms with Crippen LogP contribution < -0.4 is 0 Å². The van der Waals surface area contributed by atoms with E-state index >= 15 is 0 Å². The Hall–Kier alpha value is -0.500. The zero-order chi connectivity index (χ0) is 10.7. The largest absolute Gasteiger partial charge is 0.147 e. The van der Waals surface area contributed by atoms with Crippen LogP contribution in [0.2, 0.25) is 5.02 Å². The number of alkyl halides is 1. The first-order valence-electron chi connectivity index (χ1n) is 4.67. The molecule has 0 aliphatic carbocycles. The SMILES string of the molecule is Clc1cccc(CC(Cl)c2cccs2)c1. The van der Waals surface area contributed by atoms with E-state index in [2.05, 4.69) is 12.1 Å². The normalized spacial score (nSPS) is 12.7. The van der Waals surface area contributed by atoms with Crippen LogP contribution in [-0.2, 0) is 6.42 Å². The Morgan fingerprint density at radius 3 is 2.73 bits per heavy atom. The van der Waals surface area contributed by atoms with Gasteiger partial charge < -0.3 is 0 Å². The van der Waals surface area contributed by atoms with Crippen molar-refractivity contribution in [3.63, 3.8) is 0 Å². The highest BCUT2D eigenvalue weighted by atomic mass is 35.5. The summed E-state index contributed by atoms with van der Waals surface area (Å²) >= 11 is 13.9. The summed E-state index contributed by atoms with van der Waals surface area (Å²) in [5.74, 6) is 0. The van der Waals surface area contributed by atoms with Gasteiger partial charge in [0.2, 0.25) is 0 Å². The van der Waals surface area contributed by atoms with E-state index in [9.17, 15) is 0 Å². The summed E-state index contributed by atoms with van der Waals surface area (Å²) in [5.41, 5.74) is 1.18. The maximum atomic E-state index is 6.30. The topological polar surface area (TPSA) is 0 Å². The van der Waals surface area contributed by atoms with E-state index in [-0.39, 0.29) is 5.38 Å². The summed E-state index contributed by atoms with van der Waals surface area (Å²) in [4.78, 5) is 1.21. The van der Waals surface area contributed by atoms with Crippen LogP contribution in [0.4, 0.5) is 0 Å². The van der Waals surface area contributed by atoms with E-state index in [1.54, 1.807) is 11.3 Å². The third-order valence-corrected chi connectivity index (χ3v) is 3.90. The average Bonchev–Trinajstić information content (AvgIpc) is 2.70. The first-order chi connectivity index (χ1) is 7.25. The molecule has 0 saturated heterocycles. The molecule has 2 rings (SSSR count). The highest BCUT2D eigenvalue weighted by Gasteiger charge is 2.09. The minimum atomic E-state index is 0.0449. The van der Waals surface area contributed by atoms with Gasteiger partial charge in [0.25, 0.3) is 0 Å². The number of thiophene rings is 1. The van der Waals surface area contributed by atoms with E-state index in [1.165, 1.54) is 10.4 Å². The van der Waals surface area contributed by atoms with Crippen molar-refractivity contribution in [2.45, 2.75) is 11.8 Å². The van der Waals surface area contributed by atoms with Crippen molar-refractivity contribution in [1.82, 2.24) is 0 Å². The molecule has 1 aromatic carbocycles. The van der Waals surface area contributed by atoms with Gasteiger partial charge in [-0.15, -0.1) is 22.9 Å². The molecule has 0 N–H and O–H groups in total. The second kappa shape index (κ2) is 5.02. The molecule has 1 atom stereocenters. The molecule has 1 unspecified atom stereocenters. The molecule has 2 aromatic rings. The van der Waals surface area contributed by atoms with Crippen LogP contribution in [0.25, 0.3) is 0 Å². The van der Waals surface area contributed by atoms with Crippen molar-refractivity contribution >= 4 is 34.5 Å². The summed E-state index contributed by atoms with van der Waals surface area (Å²) in [6, 6.07) is 11.9. The van der Waals surface area contributed by atoms with Crippen LogP contribution in [0.5, 0.6) is 0 Å². The summed E-state index contributed by atoms with van der Waals surface area (Å²) in [5, 5.41) is 2.86. The summed E-state index contributed by atoms with van der Waals surface area (Å²) < 4.78 is 0. The third kappa shape index (κ3) is 2.97. The second-order valence-electron chi connectivity index (χ2n) is 3.32. The summed E-state index contributed by atoms with van der Waals surface area (Å²) in [7, 11) is 0. The van der Waals surface area contributed by atoms with Gasteiger partial charge >= 0.3 is 0 Å². The van der Waals surface area contributed by atoms with Gasteiger partial charge in [-0.25, -0.2) is 0 Å². The van der Waals surface area contributed by atoms with Gasteiger partial charge in [0.1, 0.15) is 0 Å². The minimum Gasteiger partial charge on any atom is -0.147 e. The highest BCUT2D eigenvalue weighted by Crippen LogP contribution is 2.29. The molecule has 0 radical (unpaired) electrons. The Morgan fingerprint density at radius 2 is 2.07 bits per heavy atom. The number of halogens is 2. The lowest BCUT2D eigenvalue weighted by atomic mass is 10.1. The van der Waals surface area contributed by atoms with E-state index in [1.807, 2.05) is 29.6 Å². The van der Waals surface area contributed by atoms with Gasteiger partial charge in [0.05, 0.1) is 5.38 Å². The number of rotatable bonds is 3. The molecule has 3 heteroatoms. The fraction of sp³-hybridized carbons (Fsp3) is 0.167. The van der Waals surface area contributed by atoms with Gasteiger partial charge in [-0.2, -0.15) is 0 Å². The molecule has 0 aliphatic heterocycles. The lowest BCUT2D eigenvalue weighted by Crippen LogP contribution is -1.92. The van der Waals surface area contributed by atoms with Crippen molar-refractivity contribution in [1.29, 1.82) is 0 Å². The molecule has 0 aliphatic rings. The first-order valence-corrected chi connectivity index (χ1v) is 6.37. The summed E-state index contributed by atoms with van der Waals surface area (Å²) in [6.07, 6.45) is 0.822. The van der Waals surface area contributed by atoms with Crippen LogP contribution in [0.15, 0.2) is 41.8 Å². The van der Waals surface area contributed by atoms with Crippen molar-refractivity contribution < 1.29 is 0 Å². The van der Waals surface area contributed by atoms with Crippen molar-refractivity contribution in [3.05, 3.63) is 57.2 Å². The maximum absolute atomic E-state index is 6.30. The van der Waals surface area contributed by atoms with E-state index < -0.39 is 0 Å². The van der Waals surface area contributed by atoms with Crippen molar-refractivity contribution in [2.24, 2.45) is 0 Å². The second-order valence-corrected chi connectivity index (χ2v) is 5.26. The van der Waals surface area contributed by atoms with Gasteiger partial charge in [-0.1, -0.05) is 29.8 Å². The first kappa shape index (κ1) is 11.0. The molecule has 1 heterocycles. The molecule has 0 bridgehead atoms. The molecule has 0 fully saturated rings. The van der Waals surface area contributed by atoms with Gasteiger partial charge in [0, 0.05) is 9.90 Å². The maximum Gasteiger partial charge on any atom is 0.0718 e. The number of hydrogen-bond donors (Lipinski definition) is 0. The van der Waals surface area contributed by atoms with Crippen molar-refractivity contribution in [3.8, 4) is 0 Å². The lowest BCUT2D eigenvalue weighted by molar-refractivity contribution is 0.940. The molecule has 78 valence electrons. The van der Waals surface area contributed by atoms with Crippen molar-refractivity contribution in [2.75, 3.05) is 0 Å². The van der Waals surface area contributed by atoms with E-state index in [0.29, 0.717) is 0 Å². The standard InChI is InChI=1S/C12H10Cl2S/c13-10-4-1-3-9(7-10)8-11(14)12-5-2-6-15-12/h1-7,11H,8H2. The van der Waals surface area contributed by atoms with Gasteiger partial charge in [0.15, 0.2) is 0 Å². The minimum absolute atomic E-state index is 0.0449. The van der Waals surface area contributed by atoms with Gasteiger partial charge in [-0.3, -0.25) is 0 Å². The quantitative estimate of drug-likeness (QED) is 0.684. The molecule has 1 aromatic heterocycles. The van der Waals surface area contributed by atoms with Crippen LogP contribution in [0, 0.1) is 0 Å². The monoisotopic (exact) mass is 256 g/mol. The molecular weight excluding hydrogens is 247 g/mol. The zero-order valence-corrected chi connectivity index (χ0v) is 10.3. The Bertz CT molecular complexity index is 423. The van der Waals surface area contributed by atoms with Crippen LogP contribution in [0.1, 0.15) is 15.8 Å². The number of benzene rings is 1. The molecule has 0 nitrogen and oxygen atoms in total. The summed E-state index contributed by atoms with van der Waals surface area (Å²) in [6.45, 7) is 0. The zero-order valence-electron chi connectivity index (χ0n) is 7.99. The molecule has 0 amide bonds. The fourth-order valence-electron chi connectivity index (χ4n) is 1.44. The van der Waals surface area contributed by atoms with E-state index in [4.69, 9.17) is 23.2 Å². The van der Waals surface area contributed by atoms with Crippen LogP contribution >= 0.6 is 34.5 Å². The predicted molar refractivity (Wildman–Crippen MR) is 68.1 cm³/mol. The van der Waals surface area contributed by atoms with E-state index in [0.717, 1.165) is 11.4 Å². The average molecular weight is 257 g/mol. The highest BCUT2D eigenvalue weighted by molar-refractivity contribution is 7.10. The third-order valence-electron chi connectivity index (χ3n) is 2.16. The Labute approximate surface area is 103 Å². The van der Waals surface area contributed by atoms with Crippen LogP contribution in [-0.4, -0.2) is 0 Å². The molecular formula is C12H10Cl2S. The Balaban J connectivity index is 2.09. The smallest absolute Gasteiger partial charge is 0.0718 e. The number of hydrogen-bond acceptors (Lipinski definition) is 1. The molecule has 15 heavy (non-hydrogen) atoms. The fourth-order valence-corrected chi connectivity index (χ4v) is 2.76. The molecule has 0 saturated carbocycles. The predicted octanol–water partition coefficient (Wildman–Crippen LogP) is 4.92. The Kier molecular flexibility index (Phi) is 3.68. The molecule has 0 spiro atoms.